The predicted octanol–water partition coefficient (Wildman–Crippen LogP) is 4.04. The van der Waals surface area contributed by atoms with Crippen molar-refractivity contribution in [1.29, 1.82) is 0 Å². The van der Waals surface area contributed by atoms with E-state index in [1.54, 1.807) is 62.8 Å². The highest BCUT2D eigenvalue weighted by Gasteiger charge is 2.22. The molecule has 6 nitrogen and oxygen atoms in total. The first kappa shape index (κ1) is 22.7. The lowest BCUT2D eigenvalue weighted by Gasteiger charge is -2.20. The van der Waals surface area contributed by atoms with Crippen LogP contribution in [0.1, 0.15) is 27.5 Å². The first-order chi connectivity index (χ1) is 15.4. The molecule has 0 heterocycles. The summed E-state index contributed by atoms with van der Waals surface area (Å²) in [6, 6.07) is 16.6. The molecule has 0 bridgehead atoms. The highest BCUT2D eigenvalue weighted by Crippen LogP contribution is 2.26. The number of amides is 1. The maximum atomic E-state index is 13.7. The van der Waals surface area contributed by atoms with Crippen LogP contribution in [0, 0.1) is 11.6 Å². The molecule has 8 heteroatoms. The molecule has 0 unspecified atom stereocenters. The van der Waals surface area contributed by atoms with Crippen molar-refractivity contribution in [1.82, 2.24) is 5.32 Å². The Hall–Kier alpha value is -3.94. The largest absolute Gasteiger partial charge is 0.497 e. The second kappa shape index (κ2) is 10.4. The van der Waals surface area contributed by atoms with Gasteiger partial charge in [-0.25, -0.2) is 13.6 Å². The molecule has 0 spiro atoms. The second-order valence-corrected chi connectivity index (χ2v) is 6.72. The van der Waals surface area contributed by atoms with Gasteiger partial charge in [0.05, 0.1) is 20.3 Å². The van der Waals surface area contributed by atoms with Crippen LogP contribution in [-0.4, -0.2) is 32.7 Å². The minimum absolute atomic E-state index is 0.580. The lowest BCUT2D eigenvalue weighted by Crippen LogP contribution is -2.33. The molecule has 0 aliphatic rings. The summed E-state index contributed by atoms with van der Waals surface area (Å²) < 4.78 is 42.6. The summed E-state index contributed by atoms with van der Waals surface area (Å²) in [6.07, 6.45) is 0. The van der Waals surface area contributed by atoms with Crippen molar-refractivity contribution >= 4 is 11.9 Å². The number of carbonyl (C=O) groups excluding carboxylic acids is 2. The molecule has 0 atom stereocenters. The second-order valence-electron chi connectivity index (χ2n) is 6.72. The fourth-order valence-electron chi connectivity index (χ4n) is 3.05. The number of benzene rings is 3. The van der Waals surface area contributed by atoms with Gasteiger partial charge in [0.1, 0.15) is 28.7 Å². The van der Waals surface area contributed by atoms with Crippen LogP contribution < -0.4 is 14.8 Å². The monoisotopic (exact) mass is 441 g/mol. The van der Waals surface area contributed by atoms with Crippen LogP contribution in [0.15, 0.2) is 66.7 Å². The van der Waals surface area contributed by atoms with E-state index in [0.29, 0.717) is 11.5 Å². The van der Waals surface area contributed by atoms with Gasteiger partial charge >= 0.3 is 5.97 Å². The Morgan fingerprint density at radius 1 is 0.812 bits per heavy atom. The third-order valence-corrected chi connectivity index (χ3v) is 4.70. The minimum atomic E-state index is -1.26. The van der Waals surface area contributed by atoms with Gasteiger partial charge in [-0.3, -0.25) is 4.79 Å². The van der Waals surface area contributed by atoms with Crippen LogP contribution in [-0.2, 0) is 9.53 Å². The van der Waals surface area contributed by atoms with Gasteiger partial charge in [0.2, 0.25) is 0 Å². The summed E-state index contributed by atoms with van der Waals surface area (Å²) in [4.78, 5) is 24.6. The minimum Gasteiger partial charge on any atom is -0.497 e. The summed E-state index contributed by atoms with van der Waals surface area (Å²) in [7, 11) is 3.09. The standard InChI is InChI=1S/C24H21F2NO5/c1-30-17-10-6-15(7-11-17)23(16-8-12-18(31-2)13-9-16)27-21(28)14-32-24(29)22-19(25)4-3-5-20(22)26/h3-13,23H,14H2,1-2H3,(H,27,28). The van der Waals surface area contributed by atoms with E-state index < -0.39 is 41.7 Å². The zero-order chi connectivity index (χ0) is 23.1. The summed E-state index contributed by atoms with van der Waals surface area (Å²) in [6.45, 7) is -0.713. The van der Waals surface area contributed by atoms with Crippen molar-refractivity contribution in [3.05, 3.63) is 95.1 Å². The van der Waals surface area contributed by atoms with E-state index in [2.05, 4.69) is 5.32 Å². The molecular weight excluding hydrogens is 420 g/mol. The third kappa shape index (κ3) is 5.40. The van der Waals surface area contributed by atoms with Gasteiger partial charge in [0, 0.05) is 0 Å². The number of rotatable bonds is 8. The number of nitrogens with one attached hydrogen (secondary N) is 1. The number of hydrogen-bond acceptors (Lipinski definition) is 5. The molecule has 3 aromatic rings. The van der Waals surface area contributed by atoms with Crippen molar-refractivity contribution in [2.24, 2.45) is 0 Å². The predicted molar refractivity (Wildman–Crippen MR) is 113 cm³/mol. The molecule has 166 valence electrons. The van der Waals surface area contributed by atoms with E-state index in [1.165, 1.54) is 0 Å². The fourth-order valence-corrected chi connectivity index (χ4v) is 3.05. The molecule has 0 aliphatic carbocycles. The number of hydrogen-bond donors (Lipinski definition) is 1. The molecule has 1 amide bonds. The first-order valence-electron chi connectivity index (χ1n) is 9.61. The average Bonchev–Trinajstić information content (AvgIpc) is 2.81. The van der Waals surface area contributed by atoms with Crippen LogP contribution >= 0.6 is 0 Å². The van der Waals surface area contributed by atoms with Crippen molar-refractivity contribution in [3.8, 4) is 11.5 Å². The van der Waals surface area contributed by atoms with Crippen LogP contribution in [0.3, 0.4) is 0 Å². The summed E-state index contributed by atoms with van der Waals surface area (Å²) in [5, 5.41) is 2.78. The fraction of sp³-hybridized carbons (Fsp3) is 0.167. The molecule has 32 heavy (non-hydrogen) atoms. The number of ether oxygens (including phenoxy) is 3. The SMILES string of the molecule is COc1ccc(C(NC(=O)COC(=O)c2c(F)cccc2F)c2ccc(OC)cc2)cc1. The molecular formula is C24H21F2NO5. The smallest absolute Gasteiger partial charge is 0.344 e. The van der Waals surface area contributed by atoms with E-state index in [0.717, 1.165) is 29.3 Å². The van der Waals surface area contributed by atoms with E-state index in [1.807, 2.05) is 0 Å². The van der Waals surface area contributed by atoms with Gasteiger partial charge < -0.3 is 19.5 Å². The Kier molecular flexibility index (Phi) is 7.38. The lowest BCUT2D eigenvalue weighted by atomic mass is 9.98. The molecule has 0 aliphatic heterocycles. The Balaban J connectivity index is 1.76. The van der Waals surface area contributed by atoms with Crippen LogP contribution in [0.5, 0.6) is 11.5 Å². The van der Waals surface area contributed by atoms with Crippen molar-refractivity contribution in [3.63, 3.8) is 0 Å². The quantitative estimate of drug-likeness (QED) is 0.534. The van der Waals surface area contributed by atoms with Gasteiger partial charge in [0.25, 0.3) is 5.91 Å². The number of halogens is 2. The van der Waals surface area contributed by atoms with Crippen LogP contribution in [0.2, 0.25) is 0 Å². The van der Waals surface area contributed by atoms with Crippen LogP contribution in [0.4, 0.5) is 8.78 Å². The number of methoxy groups -OCH3 is 2. The molecule has 0 aromatic heterocycles. The van der Waals surface area contributed by atoms with Gasteiger partial charge in [-0.2, -0.15) is 0 Å². The summed E-state index contributed by atoms with van der Waals surface area (Å²) in [5.74, 6) is -2.74. The molecule has 0 saturated carbocycles. The van der Waals surface area contributed by atoms with Gasteiger partial charge in [0.15, 0.2) is 6.61 Å². The van der Waals surface area contributed by atoms with E-state index in [9.17, 15) is 18.4 Å². The number of esters is 1. The van der Waals surface area contributed by atoms with E-state index in [-0.39, 0.29) is 0 Å². The Morgan fingerprint density at radius 3 is 1.72 bits per heavy atom. The Bertz CT molecular complexity index is 1020. The molecule has 0 fully saturated rings. The summed E-state index contributed by atoms with van der Waals surface area (Å²) >= 11 is 0. The summed E-state index contributed by atoms with van der Waals surface area (Å²) in [5.41, 5.74) is 0.647. The van der Waals surface area contributed by atoms with Crippen molar-refractivity contribution in [2.45, 2.75) is 6.04 Å². The molecule has 3 aromatic carbocycles. The Morgan fingerprint density at radius 2 is 1.28 bits per heavy atom. The van der Waals surface area contributed by atoms with Crippen molar-refractivity contribution < 1.29 is 32.6 Å². The maximum Gasteiger partial charge on any atom is 0.344 e. The van der Waals surface area contributed by atoms with E-state index >= 15 is 0 Å². The van der Waals surface area contributed by atoms with Gasteiger partial charge in [-0.15, -0.1) is 0 Å². The normalized spacial score (nSPS) is 10.5. The highest BCUT2D eigenvalue weighted by atomic mass is 19.1. The average molecular weight is 441 g/mol. The zero-order valence-corrected chi connectivity index (χ0v) is 17.4. The van der Waals surface area contributed by atoms with Crippen molar-refractivity contribution in [2.75, 3.05) is 20.8 Å². The lowest BCUT2D eigenvalue weighted by molar-refractivity contribution is -0.124. The molecule has 1 N–H and O–H groups in total. The number of carbonyl (C=O) groups is 2. The van der Waals surface area contributed by atoms with Crippen LogP contribution in [0.25, 0.3) is 0 Å². The molecule has 0 saturated heterocycles. The Labute approximate surface area is 183 Å². The molecule has 0 radical (unpaired) electrons. The highest BCUT2D eigenvalue weighted by molar-refractivity contribution is 5.92. The molecule has 3 rings (SSSR count). The first-order valence-corrected chi connectivity index (χ1v) is 9.61. The van der Waals surface area contributed by atoms with Gasteiger partial charge in [-0.1, -0.05) is 30.3 Å². The topological polar surface area (TPSA) is 73.9 Å². The zero-order valence-electron chi connectivity index (χ0n) is 17.4. The van der Waals surface area contributed by atoms with E-state index in [4.69, 9.17) is 14.2 Å². The van der Waals surface area contributed by atoms with Gasteiger partial charge in [-0.05, 0) is 47.5 Å². The maximum absolute atomic E-state index is 13.7. The third-order valence-electron chi connectivity index (χ3n) is 4.70.